The lowest BCUT2D eigenvalue weighted by Crippen LogP contribution is -2.28. The molecule has 2 N–H and O–H groups in total. The van der Waals surface area contributed by atoms with Gasteiger partial charge in [0.25, 0.3) is 6.43 Å². The van der Waals surface area contributed by atoms with Crippen molar-refractivity contribution < 1.29 is 13.6 Å². The highest BCUT2D eigenvalue weighted by Gasteiger charge is 2.17. The molecule has 19 heavy (non-hydrogen) atoms. The molecule has 2 rings (SSSR count). The van der Waals surface area contributed by atoms with Crippen LogP contribution in [0.15, 0.2) is 0 Å². The minimum atomic E-state index is -2.64. The maximum Gasteiger partial charge on any atom is 0.291 e. The molecular weight excluding hydrogens is 274 g/mol. The van der Waals surface area contributed by atoms with Gasteiger partial charge >= 0.3 is 0 Å². The zero-order valence-electron chi connectivity index (χ0n) is 10.4. The second-order valence-electron chi connectivity index (χ2n) is 4.53. The Morgan fingerprint density at radius 2 is 2.16 bits per heavy atom. The molecule has 0 radical (unpaired) electrons. The Morgan fingerprint density at radius 1 is 1.42 bits per heavy atom. The quantitative estimate of drug-likeness (QED) is 0.872. The lowest BCUT2D eigenvalue weighted by Gasteiger charge is -2.21. The summed E-state index contributed by atoms with van der Waals surface area (Å²) in [5.74, 6) is 0.383. The summed E-state index contributed by atoms with van der Waals surface area (Å²) in [6.45, 7) is 2.00. The summed E-state index contributed by atoms with van der Waals surface area (Å²) >= 11 is 0.717. The molecule has 1 fully saturated rings. The van der Waals surface area contributed by atoms with E-state index in [1.807, 2.05) is 0 Å². The Balaban J connectivity index is 1.73. The van der Waals surface area contributed by atoms with Crippen LogP contribution in [0, 0.1) is 5.92 Å². The van der Waals surface area contributed by atoms with Crippen LogP contribution in [-0.2, 0) is 4.79 Å². The third-order valence-corrected chi connectivity index (χ3v) is 3.96. The topological polar surface area (TPSA) is 66.9 Å². The standard InChI is InChI=1S/C11H16F2N4OS/c12-9(13)10-16-17-11(19-10)15-8(18)2-1-7-3-5-14-6-4-7/h7,9,14H,1-6H2,(H,15,17,18). The number of hydrogen-bond acceptors (Lipinski definition) is 5. The predicted molar refractivity (Wildman–Crippen MR) is 68.3 cm³/mol. The largest absolute Gasteiger partial charge is 0.317 e. The van der Waals surface area contributed by atoms with Crippen molar-refractivity contribution in [2.24, 2.45) is 5.92 Å². The van der Waals surface area contributed by atoms with E-state index in [1.165, 1.54) is 0 Å². The third-order valence-electron chi connectivity index (χ3n) is 3.11. The Bertz CT molecular complexity index is 421. The molecule has 8 heteroatoms. The van der Waals surface area contributed by atoms with E-state index < -0.39 is 6.43 Å². The molecule has 2 heterocycles. The molecule has 0 spiro atoms. The van der Waals surface area contributed by atoms with Crippen molar-refractivity contribution in [1.29, 1.82) is 0 Å². The molecule has 1 aliphatic heterocycles. The van der Waals surface area contributed by atoms with Crippen molar-refractivity contribution in [1.82, 2.24) is 15.5 Å². The molecule has 0 saturated carbocycles. The monoisotopic (exact) mass is 290 g/mol. The first-order valence-corrected chi connectivity index (χ1v) is 7.09. The van der Waals surface area contributed by atoms with E-state index in [1.54, 1.807) is 0 Å². The minimum absolute atomic E-state index is 0.144. The van der Waals surface area contributed by atoms with Gasteiger partial charge in [-0.2, -0.15) is 0 Å². The normalized spacial score (nSPS) is 16.8. The van der Waals surface area contributed by atoms with Gasteiger partial charge < -0.3 is 10.6 Å². The smallest absolute Gasteiger partial charge is 0.291 e. The molecule has 106 valence electrons. The Morgan fingerprint density at radius 3 is 2.79 bits per heavy atom. The van der Waals surface area contributed by atoms with Gasteiger partial charge in [-0.05, 0) is 38.3 Å². The minimum Gasteiger partial charge on any atom is -0.317 e. The number of piperidine rings is 1. The first-order chi connectivity index (χ1) is 9.15. The van der Waals surface area contributed by atoms with Gasteiger partial charge in [-0.15, -0.1) is 10.2 Å². The van der Waals surface area contributed by atoms with Crippen LogP contribution in [-0.4, -0.2) is 29.2 Å². The number of nitrogens with zero attached hydrogens (tertiary/aromatic N) is 2. The average Bonchev–Trinajstić information content (AvgIpc) is 2.86. The second-order valence-corrected chi connectivity index (χ2v) is 5.54. The fourth-order valence-corrected chi connectivity index (χ4v) is 2.68. The van der Waals surface area contributed by atoms with Crippen molar-refractivity contribution in [3.8, 4) is 0 Å². The number of halogens is 2. The summed E-state index contributed by atoms with van der Waals surface area (Å²) in [6.07, 6.45) is 0.754. The van der Waals surface area contributed by atoms with Crippen LogP contribution >= 0.6 is 11.3 Å². The van der Waals surface area contributed by atoms with E-state index >= 15 is 0 Å². The first-order valence-electron chi connectivity index (χ1n) is 6.27. The Kier molecular flexibility index (Phi) is 5.15. The number of carbonyl (C=O) groups excluding carboxylic acids is 1. The average molecular weight is 290 g/mol. The SMILES string of the molecule is O=C(CCC1CCNCC1)Nc1nnc(C(F)F)s1. The lowest BCUT2D eigenvalue weighted by molar-refractivity contribution is -0.116. The highest BCUT2D eigenvalue weighted by Crippen LogP contribution is 2.25. The molecule has 0 bridgehead atoms. The molecule has 1 amide bonds. The van der Waals surface area contributed by atoms with E-state index in [9.17, 15) is 13.6 Å². The van der Waals surface area contributed by atoms with Crippen molar-refractivity contribution in [3.63, 3.8) is 0 Å². The van der Waals surface area contributed by atoms with Crippen molar-refractivity contribution in [2.45, 2.75) is 32.1 Å². The molecule has 1 aromatic rings. The fraction of sp³-hybridized carbons (Fsp3) is 0.727. The fourth-order valence-electron chi connectivity index (χ4n) is 2.06. The number of nitrogens with one attached hydrogen (secondary N) is 2. The van der Waals surface area contributed by atoms with Crippen LogP contribution in [0.25, 0.3) is 0 Å². The van der Waals surface area contributed by atoms with E-state index in [2.05, 4.69) is 20.8 Å². The van der Waals surface area contributed by atoms with E-state index in [0.717, 1.165) is 32.4 Å². The van der Waals surface area contributed by atoms with Gasteiger partial charge in [-0.3, -0.25) is 4.79 Å². The highest BCUT2D eigenvalue weighted by molar-refractivity contribution is 7.15. The van der Waals surface area contributed by atoms with Gasteiger partial charge in [-0.25, -0.2) is 8.78 Å². The van der Waals surface area contributed by atoms with Crippen LogP contribution in [0.1, 0.15) is 37.1 Å². The van der Waals surface area contributed by atoms with Crippen molar-refractivity contribution >= 4 is 22.4 Å². The summed E-state index contributed by atoms with van der Waals surface area (Å²) < 4.78 is 24.6. The summed E-state index contributed by atoms with van der Waals surface area (Å²) in [5, 5.41) is 12.4. The molecule has 1 saturated heterocycles. The zero-order chi connectivity index (χ0) is 13.7. The van der Waals surface area contributed by atoms with Crippen LogP contribution in [0.2, 0.25) is 0 Å². The van der Waals surface area contributed by atoms with Gasteiger partial charge in [0.05, 0.1) is 0 Å². The number of rotatable bonds is 5. The van der Waals surface area contributed by atoms with E-state index in [0.29, 0.717) is 23.7 Å². The van der Waals surface area contributed by atoms with Gasteiger partial charge in [0.1, 0.15) is 0 Å². The van der Waals surface area contributed by atoms with Crippen molar-refractivity contribution in [3.05, 3.63) is 5.01 Å². The summed E-state index contributed by atoms with van der Waals surface area (Å²) in [5.41, 5.74) is 0. The van der Waals surface area contributed by atoms with Gasteiger partial charge in [0.2, 0.25) is 11.0 Å². The summed E-state index contributed by atoms with van der Waals surface area (Å²) in [7, 11) is 0. The number of alkyl halides is 2. The molecule has 0 aromatic carbocycles. The maximum atomic E-state index is 12.3. The third kappa shape index (κ3) is 4.46. The van der Waals surface area contributed by atoms with Crippen LogP contribution in [0.4, 0.5) is 13.9 Å². The van der Waals surface area contributed by atoms with Gasteiger partial charge in [-0.1, -0.05) is 11.3 Å². The Hall–Kier alpha value is -1.15. The summed E-state index contributed by atoms with van der Waals surface area (Å²) in [4.78, 5) is 11.7. The summed E-state index contributed by atoms with van der Waals surface area (Å²) in [6, 6.07) is 0. The molecular formula is C11H16F2N4OS. The molecule has 5 nitrogen and oxygen atoms in total. The molecule has 0 atom stereocenters. The number of aromatic nitrogens is 2. The van der Waals surface area contributed by atoms with Gasteiger partial charge in [0, 0.05) is 6.42 Å². The second kappa shape index (κ2) is 6.85. The van der Waals surface area contributed by atoms with Crippen molar-refractivity contribution in [2.75, 3.05) is 18.4 Å². The molecule has 0 unspecified atom stereocenters. The lowest BCUT2D eigenvalue weighted by atomic mass is 9.93. The van der Waals surface area contributed by atoms with E-state index in [-0.39, 0.29) is 16.0 Å². The molecule has 1 aliphatic rings. The Labute approximate surface area is 113 Å². The van der Waals surface area contributed by atoms with E-state index in [4.69, 9.17) is 0 Å². The number of carbonyl (C=O) groups is 1. The predicted octanol–water partition coefficient (Wildman–Crippen LogP) is 2.19. The highest BCUT2D eigenvalue weighted by atomic mass is 32.1. The van der Waals surface area contributed by atoms with Crippen LogP contribution < -0.4 is 10.6 Å². The van der Waals surface area contributed by atoms with Gasteiger partial charge in [0.15, 0.2) is 5.01 Å². The number of hydrogen-bond donors (Lipinski definition) is 2. The maximum absolute atomic E-state index is 12.3. The van der Waals surface area contributed by atoms with Crippen LogP contribution in [0.3, 0.4) is 0 Å². The first kappa shape index (κ1) is 14.3. The molecule has 0 aliphatic carbocycles. The number of amides is 1. The number of anilines is 1. The van der Waals surface area contributed by atoms with Crippen LogP contribution in [0.5, 0.6) is 0 Å². The zero-order valence-corrected chi connectivity index (χ0v) is 11.2. The molecule has 1 aromatic heterocycles.